The highest BCUT2D eigenvalue weighted by molar-refractivity contribution is 8.77. The van der Waals surface area contributed by atoms with E-state index in [1.165, 1.54) is 23.5 Å². The topological polar surface area (TPSA) is 42.0 Å². The molecule has 1 aromatic heterocycles. The maximum atomic E-state index is 11.9. The van der Waals surface area contributed by atoms with Gasteiger partial charge in [0.1, 0.15) is 0 Å². The lowest BCUT2D eigenvalue weighted by atomic mass is 10.1. The Kier molecular flexibility index (Phi) is 6.71. The van der Waals surface area contributed by atoms with Crippen LogP contribution in [0.3, 0.4) is 0 Å². The third-order valence-corrected chi connectivity index (χ3v) is 7.32. The standard InChI is InChI=1S/C14H22N2OS3/c1-3-12-10(2)19-14(15-12)16-13(17)7-5-4-6-11-8-9-18-20-11/h11H,3-9H2,1-2H3,(H,15,16,17). The Morgan fingerprint density at radius 2 is 2.30 bits per heavy atom. The minimum atomic E-state index is 0.106. The van der Waals surface area contributed by atoms with Crippen LogP contribution < -0.4 is 5.32 Å². The number of rotatable bonds is 7. The van der Waals surface area contributed by atoms with Crippen molar-refractivity contribution < 1.29 is 4.79 Å². The summed E-state index contributed by atoms with van der Waals surface area (Å²) >= 11 is 1.58. The van der Waals surface area contributed by atoms with Gasteiger partial charge in [-0.05, 0) is 32.6 Å². The Bertz CT molecular complexity index is 442. The molecule has 0 spiro atoms. The number of unbranched alkanes of at least 4 members (excludes halogenated alkanes) is 1. The van der Waals surface area contributed by atoms with Crippen LogP contribution in [0.5, 0.6) is 0 Å². The van der Waals surface area contributed by atoms with Crippen molar-refractivity contribution in [1.29, 1.82) is 0 Å². The van der Waals surface area contributed by atoms with Crippen molar-refractivity contribution in [2.45, 2.75) is 57.6 Å². The molecule has 112 valence electrons. The predicted molar refractivity (Wildman–Crippen MR) is 91.8 cm³/mol. The van der Waals surface area contributed by atoms with Gasteiger partial charge in [-0.1, -0.05) is 34.9 Å². The number of thiazole rings is 1. The fourth-order valence-electron chi connectivity index (χ4n) is 2.21. The molecule has 6 heteroatoms. The SMILES string of the molecule is CCc1nc(NC(=O)CCCCC2CCSS2)sc1C. The summed E-state index contributed by atoms with van der Waals surface area (Å²) in [4.78, 5) is 17.5. The molecule has 2 rings (SSSR count). The van der Waals surface area contributed by atoms with Gasteiger partial charge < -0.3 is 5.32 Å². The Balaban J connectivity index is 1.64. The van der Waals surface area contributed by atoms with Gasteiger partial charge >= 0.3 is 0 Å². The zero-order valence-electron chi connectivity index (χ0n) is 12.1. The van der Waals surface area contributed by atoms with Crippen LogP contribution in [0.2, 0.25) is 0 Å². The molecule has 1 unspecified atom stereocenters. The second kappa shape index (κ2) is 8.29. The molecule has 0 aliphatic carbocycles. The summed E-state index contributed by atoms with van der Waals surface area (Å²) in [6.07, 6.45) is 6.27. The smallest absolute Gasteiger partial charge is 0.226 e. The second-order valence-corrected chi connectivity index (χ2v) is 8.99. The number of aryl methyl sites for hydroxylation is 2. The minimum Gasteiger partial charge on any atom is -0.302 e. The van der Waals surface area contributed by atoms with Gasteiger partial charge in [-0.15, -0.1) is 11.3 Å². The summed E-state index contributed by atoms with van der Waals surface area (Å²) in [7, 11) is 4.00. The number of hydrogen-bond acceptors (Lipinski definition) is 5. The summed E-state index contributed by atoms with van der Waals surface area (Å²) in [5, 5.41) is 4.50. The van der Waals surface area contributed by atoms with Crippen LogP contribution in [0, 0.1) is 6.92 Å². The van der Waals surface area contributed by atoms with Crippen LogP contribution in [0.25, 0.3) is 0 Å². The van der Waals surface area contributed by atoms with Gasteiger partial charge in [0.05, 0.1) is 5.69 Å². The lowest BCUT2D eigenvalue weighted by Crippen LogP contribution is -2.11. The molecule has 1 fully saturated rings. The molecule has 1 saturated heterocycles. The normalized spacial score (nSPS) is 18.4. The van der Waals surface area contributed by atoms with Gasteiger partial charge in [0.15, 0.2) is 5.13 Å². The van der Waals surface area contributed by atoms with E-state index >= 15 is 0 Å². The van der Waals surface area contributed by atoms with Gasteiger partial charge in [0.25, 0.3) is 0 Å². The third-order valence-electron chi connectivity index (χ3n) is 3.38. The quantitative estimate of drug-likeness (QED) is 0.583. The second-order valence-electron chi connectivity index (χ2n) is 5.00. The van der Waals surface area contributed by atoms with Gasteiger partial charge in [-0.3, -0.25) is 4.79 Å². The first-order chi connectivity index (χ1) is 9.69. The number of hydrogen-bond donors (Lipinski definition) is 1. The first-order valence-corrected chi connectivity index (χ1v) is 10.4. The molecule has 1 aliphatic heterocycles. The number of nitrogens with one attached hydrogen (secondary N) is 1. The van der Waals surface area contributed by atoms with E-state index < -0.39 is 0 Å². The first-order valence-electron chi connectivity index (χ1n) is 7.23. The van der Waals surface area contributed by atoms with Crippen molar-refractivity contribution in [3.05, 3.63) is 10.6 Å². The van der Waals surface area contributed by atoms with Crippen LogP contribution in [0.15, 0.2) is 0 Å². The molecule has 2 heterocycles. The molecule has 1 N–H and O–H groups in total. The summed E-state index contributed by atoms with van der Waals surface area (Å²) in [5.74, 6) is 1.40. The van der Waals surface area contributed by atoms with Crippen LogP contribution in [-0.2, 0) is 11.2 Å². The molecule has 3 nitrogen and oxygen atoms in total. The largest absolute Gasteiger partial charge is 0.302 e. The molecular formula is C14H22N2OS3. The summed E-state index contributed by atoms with van der Waals surface area (Å²) < 4.78 is 0. The maximum Gasteiger partial charge on any atom is 0.226 e. The molecule has 0 aromatic carbocycles. The van der Waals surface area contributed by atoms with Crippen molar-refractivity contribution >= 4 is 44.0 Å². The molecule has 0 bridgehead atoms. The van der Waals surface area contributed by atoms with E-state index in [9.17, 15) is 4.79 Å². The Morgan fingerprint density at radius 1 is 1.45 bits per heavy atom. The van der Waals surface area contributed by atoms with E-state index in [-0.39, 0.29) is 5.91 Å². The monoisotopic (exact) mass is 330 g/mol. The van der Waals surface area contributed by atoms with Gasteiger partial charge in [0.2, 0.25) is 5.91 Å². The highest BCUT2D eigenvalue weighted by Gasteiger charge is 2.16. The molecule has 1 aromatic rings. The molecule has 0 radical (unpaired) electrons. The van der Waals surface area contributed by atoms with Crippen LogP contribution in [0.1, 0.15) is 49.6 Å². The summed E-state index contributed by atoms with van der Waals surface area (Å²) in [6.45, 7) is 4.15. The van der Waals surface area contributed by atoms with Crippen LogP contribution in [0.4, 0.5) is 5.13 Å². The lowest BCUT2D eigenvalue weighted by Gasteiger charge is -2.06. The van der Waals surface area contributed by atoms with Crippen molar-refractivity contribution in [1.82, 2.24) is 4.98 Å². The molecule has 20 heavy (non-hydrogen) atoms. The van der Waals surface area contributed by atoms with Gasteiger partial charge in [0, 0.05) is 22.3 Å². The third kappa shape index (κ3) is 4.97. The average molecular weight is 331 g/mol. The van der Waals surface area contributed by atoms with E-state index in [0.29, 0.717) is 6.42 Å². The minimum absolute atomic E-state index is 0.106. The molecule has 1 aliphatic rings. The Morgan fingerprint density at radius 3 is 2.95 bits per heavy atom. The van der Waals surface area contributed by atoms with Gasteiger partial charge in [-0.2, -0.15) is 0 Å². The Hall–Kier alpha value is -0.200. The molecule has 1 amide bonds. The molecular weight excluding hydrogens is 308 g/mol. The number of carbonyl (C=O) groups excluding carboxylic acids is 1. The lowest BCUT2D eigenvalue weighted by molar-refractivity contribution is -0.116. The number of nitrogens with zero attached hydrogens (tertiary/aromatic N) is 1. The van der Waals surface area contributed by atoms with E-state index in [2.05, 4.69) is 24.1 Å². The van der Waals surface area contributed by atoms with Crippen molar-refractivity contribution in [3.8, 4) is 0 Å². The zero-order valence-corrected chi connectivity index (χ0v) is 14.6. The van der Waals surface area contributed by atoms with Gasteiger partial charge in [-0.25, -0.2) is 4.98 Å². The number of carbonyl (C=O) groups is 1. The zero-order chi connectivity index (χ0) is 14.4. The van der Waals surface area contributed by atoms with E-state index in [1.54, 1.807) is 11.3 Å². The van der Waals surface area contributed by atoms with E-state index in [1.807, 2.05) is 21.6 Å². The first kappa shape index (κ1) is 16.2. The summed E-state index contributed by atoms with van der Waals surface area (Å²) in [6, 6.07) is 0. The van der Waals surface area contributed by atoms with Crippen molar-refractivity contribution in [3.63, 3.8) is 0 Å². The average Bonchev–Trinajstić information content (AvgIpc) is 3.04. The van der Waals surface area contributed by atoms with Crippen LogP contribution >= 0.6 is 32.9 Å². The number of anilines is 1. The van der Waals surface area contributed by atoms with E-state index in [0.717, 1.165) is 35.3 Å². The summed E-state index contributed by atoms with van der Waals surface area (Å²) in [5.41, 5.74) is 1.10. The van der Waals surface area contributed by atoms with Crippen LogP contribution in [-0.4, -0.2) is 21.9 Å². The number of aromatic nitrogens is 1. The highest BCUT2D eigenvalue weighted by atomic mass is 33.1. The maximum absolute atomic E-state index is 11.9. The van der Waals surface area contributed by atoms with E-state index in [4.69, 9.17) is 0 Å². The Labute approximate surface area is 133 Å². The fourth-order valence-corrected chi connectivity index (χ4v) is 6.16. The molecule has 0 saturated carbocycles. The van der Waals surface area contributed by atoms with Crippen molar-refractivity contribution in [2.24, 2.45) is 0 Å². The highest BCUT2D eigenvalue weighted by Crippen LogP contribution is 2.39. The van der Waals surface area contributed by atoms with Crippen molar-refractivity contribution in [2.75, 3.05) is 11.1 Å². The molecule has 1 atom stereocenters. The predicted octanol–water partition coefficient (Wildman–Crippen LogP) is 4.67. The number of amides is 1. The fraction of sp³-hybridized carbons (Fsp3) is 0.714.